The van der Waals surface area contributed by atoms with Gasteiger partial charge < -0.3 is 9.84 Å². The maximum Gasteiger partial charge on any atom is 0.324 e. The van der Waals surface area contributed by atoms with E-state index in [1.807, 2.05) is 0 Å². The average molecular weight is 420 g/mol. The van der Waals surface area contributed by atoms with Crippen molar-refractivity contribution >= 4 is 26.7 Å². The Morgan fingerprint density at radius 1 is 1.28 bits per heavy atom. The van der Waals surface area contributed by atoms with Crippen LogP contribution in [0.3, 0.4) is 0 Å². The van der Waals surface area contributed by atoms with Crippen LogP contribution in [0.2, 0.25) is 0 Å². The van der Waals surface area contributed by atoms with Crippen LogP contribution in [0.1, 0.15) is 13.3 Å². The number of sulfone groups is 1. The Bertz CT molecular complexity index is 1170. The van der Waals surface area contributed by atoms with E-state index in [9.17, 15) is 22.7 Å². The summed E-state index contributed by atoms with van der Waals surface area (Å²) in [6.45, 7) is 1.24. The number of aliphatic carboxylic acids is 1. The molecule has 3 rings (SSSR count). The van der Waals surface area contributed by atoms with Crippen molar-refractivity contribution in [2.45, 2.75) is 24.6 Å². The second-order valence-corrected chi connectivity index (χ2v) is 9.52. The van der Waals surface area contributed by atoms with Crippen LogP contribution in [0.15, 0.2) is 42.6 Å². The van der Waals surface area contributed by atoms with Gasteiger partial charge in [0.05, 0.1) is 12.6 Å². The summed E-state index contributed by atoms with van der Waals surface area (Å²) in [7, 11) is -2.28. The van der Waals surface area contributed by atoms with Crippen molar-refractivity contribution < 1.29 is 27.4 Å². The highest BCUT2D eigenvalue weighted by Gasteiger charge is 2.43. The lowest BCUT2D eigenvalue weighted by Crippen LogP contribution is -2.43. The molecule has 3 aromatic rings. The first-order valence-electron chi connectivity index (χ1n) is 8.79. The average Bonchev–Trinajstić information content (AvgIpc) is 3.06. The number of aryl methyl sites for hydroxylation is 1. The Labute approximate surface area is 167 Å². The number of methoxy groups -OCH3 is 1. The molecular formula is C20H21FN2O5S. The monoisotopic (exact) mass is 420 g/mol. The van der Waals surface area contributed by atoms with E-state index in [4.69, 9.17) is 4.74 Å². The number of hydrogen-bond donors (Lipinski definition) is 1. The molecule has 0 aliphatic heterocycles. The second kappa shape index (κ2) is 7.47. The van der Waals surface area contributed by atoms with Gasteiger partial charge in [-0.1, -0.05) is 12.1 Å². The van der Waals surface area contributed by atoms with Crippen LogP contribution in [0.4, 0.5) is 4.39 Å². The minimum Gasteiger partial charge on any atom is -0.497 e. The molecule has 1 heterocycles. The smallest absolute Gasteiger partial charge is 0.324 e. The molecule has 0 radical (unpaired) electrons. The fraction of sp³-hybridized carbons (Fsp3) is 0.300. The zero-order chi connectivity index (χ0) is 21.4. The summed E-state index contributed by atoms with van der Waals surface area (Å²) in [6, 6.07) is 9.93. The van der Waals surface area contributed by atoms with Gasteiger partial charge in [0.25, 0.3) is 0 Å². The van der Waals surface area contributed by atoms with Gasteiger partial charge in [0.1, 0.15) is 11.6 Å². The molecule has 29 heavy (non-hydrogen) atoms. The van der Waals surface area contributed by atoms with Gasteiger partial charge in [0.15, 0.2) is 14.6 Å². The first-order valence-corrected chi connectivity index (χ1v) is 10.7. The minimum atomic E-state index is -3.83. The van der Waals surface area contributed by atoms with Crippen molar-refractivity contribution in [2.24, 2.45) is 0 Å². The van der Waals surface area contributed by atoms with Gasteiger partial charge >= 0.3 is 5.97 Å². The summed E-state index contributed by atoms with van der Waals surface area (Å²) < 4.78 is 43.0. The number of carboxylic acids is 1. The number of nitrogens with zero attached hydrogens (tertiary/aromatic N) is 2. The lowest BCUT2D eigenvalue weighted by atomic mass is 10.0. The van der Waals surface area contributed by atoms with Gasteiger partial charge in [-0.05, 0) is 37.1 Å². The van der Waals surface area contributed by atoms with E-state index in [1.165, 1.54) is 17.7 Å². The molecule has 0 saturated carbocycles. The molecule has 0 amide bonds. The molecule has 7 nitrogen and oxygen atoms in total. The van der Waals surface area contributed by atoms with Crippen LogP contribution < -0.4 is 4.74 Å². The summed E-state index contributed by atoms with van der Waals surface area (Å²) in [6.07, 6.45) is 2.38. The van der Waals surface area contributed by atoms with Crippen LogP contribution in [0.5, 0.6) is 5.75 Å². The van der Waals surface area contributed by atoms with Gasteiger partial charge in [-0.25, -0.2) is 12.8 Å². The molecule has 1 unspecified atom stereocenters. The molecule has 1 N–H and O–H groups in total. The van der Waals surface area contributed by atoms with E-state index >= 15 is 0 Å². The predicted octanol–water partition coefficient (Wildman–Crippen LogP) is 3.13. The highest BCUT2D eigenvalue weighted by molar-refractivity contribution is 7.92. The number of rotatable bonds is 7. The van der Waals surface area contributed by atoms with Crippen LogP contribution >= 0.6 is 0 Å². The number of carbonyl (C=O) groups is 1. The normalized spacial score (nSPS) is 13.9. The van der Waals surface area contributed by atoms with Crippen LogP contribution in [0, 0.1) is 5.82 Å². The molecule has 1 aromatic heterocycles. The number of ether oxygens (including phenoxy) is 1. The molecule has 0 aliphatic rings. The minimum absolute atomic E-state index is 0.0596. The summed E-state index contributed by atoms with van der Waals surface area (Å²) in [5.74, 6) is -1.20. The molecule has 1 atom stereocenters. The van der Waals surface area contributed by atoms with Gasteiger partial charge in [-0.15, -0.1) is 0 Å². The highest BCUT2D eigenvalue weighted by Crippen LogP contribution is 2.29. The summed E-state index contributed by atoms with van der Waals surface area (Å²) in [5, 5.41) is 14.3. The summed E-state index contributed by atoms with van der Waals surface area (Å²) in [5.41, 5.74) is 1.47. The van der Waals surface area contributed by atoms with E-state index in [-0.39, 0.29) is 13.0 Å². The number of halogens is 1. The van der Waals surface area contributed by atoms with E-state index < -0.39 is 26.4 Å². The van der Waals surface area contributed by atoms with Crippen molar-refractivity contribution in [1.82, 2.24) is 9.78 Å². The van der Waals surface area contributed by atoms with Gasteiger partial charge in [0.2, 0.25) is 0 Å². The fourth-order valence-electron chi connectivity index (χ4n) is 2.98. The van der Waals surface area contributed by atoms with Gasteiger partial charge in [0, 0.05) is 36.0 Å². The quantitative estimate of drug-likeness (QED) is 0.631. The van der Waals surface area contributed by atoms with Crippen molar-refractivity contribution in [3.63, 3.8) is 0 Å². The summed E-state index contributed by atoms with van der Waals surface area (Å²) >= 11 is 0. The number of carboxylic acid groups (broad SMARTS) is 1. The first-order chi connectivity index (χ1) is 13.5. The third-order valence-electron chi connectivity index (χ3n) is 5.13. The molecule has 0 bridgehead atoms. The molecule has 0 fully saturated rings. The number of fused-ring (bicyclic) bond motifs is 1. The summed E-state index contributed by atoms with van der Waals surface area (Å²) in [4.78, 5) is 11.5. The largest absolute Gasteiger partial charge is 0.497 e. The Hall–Kier alpha value is -2.94. The molecule has 2 aromatic carbocycles. The second-order valence-electron chi connectivity index (χ2n) is 7.07. The van der Waals surface area contributed by atoms with Crippen LogP contribution in [-0.2, 0) is 21.2 Å². The molecule has 9 heteroatoms. The van der Waals surface area contributed by atoms with Crippen LogP contribution in [-0.4, -0.2) is 47.4 Å². The predicted molar refractivity (Wildman–Crippen MR) is 107 cm³/mol. The maximum absolute atomic E-state index is 14.6. The van der Waals surface area contributed by atoms with Crippen molar-refractivity contribution in [1.29, 1.82) is 0 Å². The Balaban J connectivity index is 1.91. The third kappa shape index (κ3) is 3.95. The van der Waals surface area contributed by atoms with Crippen LogP contribution in [0.25, 0.3) is 22.0 Å². The van der Waals surface area contributed by atoms with Crippen molar-refractivity contribution in [3.05, 3.63) is 48.4 Å². The SMILES string of the molecule is COc1ccc(-c2cc3cn(CCC(C)(C(=O)O)S(C)(=O)=O)nc3cc2F)cc1. The molecule has 154 valence electrons. The number of aromatic nitrogens is 2. The van der Waals surface area contributed by atoms with Gasteiger partial charge in [-0.3, -0.25) is 9.48 Å². The van der Waals surface area contributed by atoms with Gasteiger partial charge in [-0.2, -0.15) is 5.10 Å². The zero-order valence-corrected chi connectivity index (χ0v) is 17.0. The van der Waals surface area contributed by atoms with Crippen molar-refractivity contribution in [3.8, 4) is 16.9 Å². The molecule has 0 saturated heterocycles. The topological polar surface area (TPSA) is 98.5 Å². The van der Waals surface area contributed by atoms with E-state index in [0.717, 1.165) is 6.26 Å². The van der Waals surface area contributed by atoms with E-state index in [1.54, 1.807) is 43.6 Å². The lowest BCUT2D eigenvalue weighted by Gasteiger charge is -2.22. The Morgan fingerprint density at radius 2 is 1.93 bits per heavy atom. The Morgan fingerprint density at radius 3 is 2.48 bits per heavy atom. The third-order valence-corrected chi connectivity index (χ3v) is 7.15. The molecule has 0 spiro atoms. The maximum atomic E-state index is 14.6. The molecule has 0 aliphatic carbocycles. The lowest BCUT2D eigenvalue weighted by molar-refractivity contribution is -0.139. The van der Waals surface area contributed by atoms with E-state index in [2.05, 4.69) is 5.10 Å². The number of hydrogen-bond acceptors (Lipinski definition) is 5. The standard InChI is InChI=1S/C20H21FN2O5S/c1-20(19(24)25,29(3,26)27)8-9-23-12-14-10-16(17(21)11-18(14)22-23)13-4-6-15(28-2)7-5-13/h4-7,10-12H,8-9H2,1-3H3,(H,24,25). The highest BCUT2D eigenvalue weighted by atomic mass is 32.2. The van der Waals surface area contributed by atoms with Crippen molar-refractivity contribution in [2.75, 3.05) is 13.4 Å². The van der Waals surface area contributed by atoms with E-state index in [0.29, 0.717) is 27.8 Å². The molecular weight excluding hydrogens is 399 g/mol. The first kappa shape index (κ1) is 20.8. The fourth-order valence-corrected chi connectivity index (χ4v) is 3.76. The Kier molecular flexibility index (Phi) is 5.36. The zero-order valence-electron chi connectivity index (χ0n) is 16.2. The number of benzene rings is 2.